The van der Waals surface area contributed by atoms with Crippen LogP contribution in [0.1, 0.15) is 38.6 Å². The first-order valence-corrected chi connectivity index (χ1v) is 7.33. The lowest BCUT2D eigenvalue weighted by Crippen LogP contribution is -2.55. The summed E-state index contributed by atoms with van der Waals surface area (Å²) in [7, 11) is 0. The summed E-state index contributed by atoms with van der Waals surface area (Å²) >= 11 is 2.22. The molecular weight excluding hydrogens is 345 g/mol. The number of likely N-dealkylation sites (N-methyl/N-ethyl adjacent to an activating group) is 1. The van der Waals surface area contributed by atoms with Crippen LogP contribution in [-0.4, -0.2) is 32.9 Å². The summed E-state index contributed by atoms with van der Waals surface area (Å²) in [6.45, 7) is 2.63. The van der Waals surface area contributed by atoms with Crippen molar-refractivity contribution < 1.29 is 9.90 Å². The van der Waals surface area contributed by atoms with Gasteiger partial charge in [-0.3, -0.25) is 9.48 Å². The molecule has 2 rings (SSSR count). The van der Waals surface area contributed by atoms with E-state index in [4.69, 9.17) is 0 Å². The molecule has 6 heteroatoms. The standard InChI is InChI=1S/C12H18IN3O2/c1-2-14-12(11(17)18)5-3-4-10(6-12)16-8-9(13)7-15-16/h7-8,10,14H,2-6H2,1H3,(H,17,18). The van der Waals surface area contributed by atoms with Crippen LogP contribution in [0.4, 0.5) is 0 Å². The minimum Gasteiger partial charge on any atom is -0.480 e. The van der Waals surface area contributed by atoms with Gasteiger partial charge < -0.3 is 10.4 Å². The van der Waals surface area contributed by atoms with Gasteiger partial charge in [-0.25, -0.2) is 0 Å². The Morgan fingerprint density at radius 2 is 2.56 bits per heavy atom. The molecule has 0 radical (unpaired) electrons. The lowest BCUT2D eigenvalue weighted by atomic mass is 9.79. The second kappa shape index (κ2) is 5.56. The van der Waals surface area contributed by atoms with Crippen LogP contribution in [-0.2, 0) is 4.79 Å². The molecule has 0 spiro atoms. The molecule has 2 N–H and O–H groups in total. The summed E-state index contributed by atoms with van der Waals surface area (Å²) < 4.78 is 3.00. The van der Waals surface area contributed by atoms with Gasteiger partial charge in [0, 0.05) is 6.20 Å². The lowest BCUT2D eigenvalue weighted by Gasteiger charge is -2.38. The number of hydrogen-bond donors (Lipinski definition) is 2. The SMILES string of the molecule is CCNC1(C(=O)O)CCCC(n2cc(I)cn2)C1. The molecule has 1 aromatic heterocycles. The van der Waals surface area contributed by atoms with Crippen molar-refractivity contribution in [1.29, 1.82) is 0 Å². The van der Waals surface area contributed by atoms with Crippen LogP contribution in [0.5, 0.6) is 0 Å². The van der Waals surface area contributed by atoms with E-state index in [9.17, 15) is 9.90 Å². The molecule has 2 unspecified atom stereocenters. The Labute approximate surface area is 120 Å². The molecule has 18 heavy (non-hydrogen) atoms. The Morgan fingerprint density at radius 1 is 1.78 bits per heavy atom. The number of hydrogen-bond acceptors (Lipinski definition) is 3. The van der Waals surface area contributed by atoms with E-state index in [1.165, 1.54) is 0 Å². The summed E-state index contributed by atoms with van der Waals surface area (Å²) in [4.78, 5) is 11.6. The number of rotatable bonds is 4. The van der Waals surface area contributed by atoms with E-state index in [1.54, 1.807) is 0 Å². The third-order valence-corrected chi connectivity index (χ3v) is 4.15. The van der Waals surface area contributed by atoms with Crippen molar-refractivity contribution in [2.24, 2.45) is 0 Å². The smallest absolute Gasteiger partial charge is 0.323 e. The Hall–Kier alpha value is -0.630. The average molecular weight is 363 g/mol. The fraction of sp³-hybridized carbons (Fsp3) is 0.667. The summed E-state index contributed by atoms with van der Waals surface area (Å²) in [6, 6.07) is 0.178. The summed E-state index contributed by atoms with van der Waals surface area (Å²) in [6.07, 6.45) is 7.01. The number of aliphatic carboxylic acids is 1. The second-order valence-electron chi connectivity index (χ2n) is 4.81. The maximum atomic E-state index is 11.6. The summed E-state index contributed by atoms with van der Waals surface area (Å²) in [5.74, 6) is -0.740. The average Bonchev–Trinajstić information content (AvgIpc) is 2.76. The third kappa shape index (κ3) is 2.69. The largest absolute Gasteiger partial charge is 0.480 e. The first-order chi connectivity index (χ1) is 8.57. The van der Waals surface area contributed by atoms with E-state index in [2.05, 4.69) is 33.0 Å². The molecule has 0 bridgehead atoms. The van der Waals surface area contributed by atoms with E-state index in [0.29, 0.717) is 19.4 Å². The molecule has 1 aliphatic carbocycles. The van der Waals surface area contributed by atoms with Gasteiger partial charge in [0.15, 0.2) is 0 Å². The van der Waals surface area contributed by atoms with Crippen LogP contribution in [0, 0.1) is 3.57 Å². The van der Waals surface area contributed by atoms with Gasteiger partial charge in [-0.15, -0.1) is 0 Å². The fourth-order valence-corrected chi connectivity index (χ4v) is 3.16. The molecular formula is C12H18IN3O2. The third-order valence-electron chi connectivity index (χ3n) is 3.59. The Morgan fingerprint density at radius 3 is 3.11 bits per heavy atom. The highest BCUT2D eigenvalue weighted by atomic mass is 127. The first-order valence-electron chi connectivity index (χ1n) is 6.25. The number of carbonyl (C=O) groups is 1. The number of nitrogens with one attached hydrogen (secondary N) is 1. The predicted molar refractivity (Wildman–Crippen MR) is 76.5 cm³/mol. The zero-order chi connectivity index (χ0) is 13.2. The lowest BCUT2D eigenvalue weighted by molar-refractivity contribution is -0.147. The quantitative estimate of drug-likeness (QED) is 0.804. The van der Waals surface area contributed by atoms with Crippen molar-refractivity contribution in [2.45, 2.75) is 44.2 Å². The van der Waals surface area contributed by atoms with E-state index in [-0.39, 0.29) is 6.04 Å². The van der Waals surface area contributed by atoms with Gasteiger partial charge in [-0.05, 0) is 54.8 Å². The number of nitrogens with zero attached hydrogens (tertiary/aromatic N) is 2. The highest BCUT2D eigenvalue weighted by molar-refractivity contribution is 14.1. The highest BCUT2D eigenvalue weighted by Crippen LogP contribution is 2.35. The molecule has 0 saturated heterocycles. The van der Waals surface area contributed by atoms with Crippen molar-refractivity contribution in [3.05, 3.63) is 16.0 Å². The molecule has 1 aliphatic rings. The van der Waals surface area contributed by atoms with Crippen LogP contribution >= 0.6 is 22.6 Å². The highest BCUT2D eigenvalue weighted by Gasteiger charge is 2.42. The molecule has 2 atom stereocenters. The van der Waals surface area contributed by atoms with Crippen LogP contribution in [0.15, 0.2) is 12.4 Å². The number of halogens is 1. The Kier molecular flexibility index (Phi) is 4.26. The second-order valence-corrected chi connectivity index (χ2v) is 6.05. The van der Waals surface area contributed by atoms with Gasteiger partial charge >= 0.3 is 5.97 Å². The molecule has 0 aromatic carbocycles. The van der Waals surface area contributed by atoms with Crippen molar-refractivity contribution >= 4 is 28.6 Å². The van der Waals surface area contributed by atoms with Gasteiger partial charge in [0.1, 0.15) is 5.54 Å². The first kappa shape index (κ1) is 13.8. The maximum absolute atomic E-state index is 11.6. The van der Waals surface area contributed by atoms with E-state index in [0.717, 1.165) is 16.4 Å². The van der Waals surface area contributed by atoms with Crippen LogP contribution in [0.3, 0.4) is 0 Å². The topological polar surface area (TPSA) is 67.2 Å². The van der Waals surface area contributed by atoms with Crippen molar-refractivity contribution in [2.75, 3.05) is 6.54 Å². The zero-order valence-corrected chi connectivity index (χ0v) is 12.6. The molecule has 1 fully saturated rings. The number of carboxylic acid groups (broad SMARTS) is 1. The van der Waals surface area contributed by atoms with Crippen LogP contribution < -0.4 is 5.32 Å². The Balaban J connectivity index is 2.18. The number of aromatic nitrogens is 2. The maximum Gasteiger partial charge on any atom is 0.323 e. The minimum absolute atomic E-state index is 0.178. The molecule has 1 saturated carbocycles. The van der Waals surface area contributed by atoms with Crippen molar-refractivity contribution in [3.63, 3.8) is 0 Å². The zero-order valence-electron chi connectivity index (χ0n) is 10.4. The van der Waals surface area contributed by atoms with E-state index in [1.807, 2.05) is 24.0 Å². The summed E-state index contributed by atoms with van der Waals surface area (Å²) in [5, 5.41) is 17.0. The van der Waals surface area contributed by atoms with Gasteiger partial charge in [-0.2, -0.15) is 5.10 Å². The predicted octanol–water partition coefficient (Wildman–Crippen LogP) is 2.04. The van der Waals surface area contributed by atoms with Gasteiger partial charge in [0.2, 0.25) is 0 Å². The number of carboxylic acids is 1. The molecule has 1 aromatic rings. The molecule has 100 valence electrons. The van der Waals surface area contributed by atoms with Crippen LogP contribution in [0.2, 0.25) is 0 Å². The summed E-state index contributed by atoms with van der Waals surface area (Å²) in [5.41, 5.74) is -0.783. The molecule has 0 amide bonds. The van der Waals surface area contributed by atoms with Crippen molar-refractivity contribution in [3.8, 4) is 0 Å². The van der Waals surface area contributed by atoms with Gasteiger partial charge in [-0.1, -0.05) is 6.92 Å². The minimum atomic E-state index is -0.783. The van der Waals surface area contributed by atoms with Crippen LogP contribution in [0.25, 0.3) is 0 Å². The Bertz CT molecular complexity index is 431. The normalized spacial score (nSPS) is 28.2. The van der Waals surface area contributed by atoms with Gasteiger partial charge in [0.05, 0.1) is 15.8 Å². The van der Waals surface area contributed by atoms with E-state index >= 15 is 0 Å². The monoisotopic (exact) mass is 363 g/mol. The molecule has 0 aliphatic heterocycles. The van der Waals surface area contributed by atoms with Crippen molar-refractivity contribution in [1.82, 2.24) is 15.1 Å². The molecule has 1 heterocycles. The van der Waals surface area contributed by atoms with Gasteiger partial charge in [0.25, 0.3) is 0 Å². The van der Waals surface area contributed by atoms with E-state index < -0.39 is 11.5 Å². The molecule has 5 nitrogen and oxygen atoms in total. The fourth-order valence-electron chi connectivity index (χ4n) is 2.75.